The molecule has 1 unspecified atom stereocenters. The van der Waals surface area contributed by atoms with Crippen molar-refractivity contribution in [1.82, 2.24) is 4.90 Å². The first-order chi connectivity index (χ1) is 11.5. The molecule has 2 aromatic carbocycles. The van der Waals surface area contributed by atoms with E-state index in [2.05, 4.69) is 4.90 Å². The lowest BCUT2D eigenvalue weighted by atomic mass is 9.85. The number of nitrogens with zero attached hydrogens (tertiary/aromatic N) is 1. The first-order valence-electron chi connectivity index (χ1n) is 7.93. The number of aliphatic hydroxyl groups excluding tert-OH is 1. The van der Waals surface area contributed by atoms with Gasteiger partial charge in [0.1, 0.15) is 5.82 Å². The fourth-order valence-corrected chi connectivity index (χ4v) is 3.36. The van der Waals surface area contributed by atoms with Crippen molar-refractivity contribution in [2.75, 3.05) is 33.4 Å². The van der Waals surface area contributed by atoms with Crippen LogP contribution in [0.3, 0.4) is 0 Å². The molecule has 1 saturated heterocycles. The van der Waals surface area contributed by atoms with E-state index in [0.717, 1.165) is 11.1 Å². The first-order valence-corrected chi connectivity index (χ1v) is 8.31. The zero-order chi connectivity index (χ0) is 17.2. The van der Waals surface area contributed by atoms with Gasteiger partial charge in [-0.25, -0.2) is 4.39 Å². The lowest BCUT2D eigenvalue weighted by Gasteiger charge is -2.44. The Balaban J connectivity index is 1.91. The SMILES string of the molecule is CN(CC1(CO)COC1)C(c1ccc(F)cc1)c1ccc(Cl)cc1. The molecular weight excluding hydrogens is 329 g/mol. The van der Waals surface area contributed by atoms with E-state index in [1.807, 2.05) is 31.3 Å². The van der Waals surface area contributed by atoms with Crippen molar-refractivity contribution in [3.05, 3.63) is 70.5 Å². The van der Waals surface area contributed by atoms with Crippen molar-refractivity contribution in [3.8, 4) is 0 Å². The minimum atomic E-state index is -0.254. The van der Waals surface area contributed by atoms with Gasteiger partial charge in [-0.15, -0.1) is 0 Å². The smallest absolute Gasteiger partial charge is 0.123 e. The molecule has 1 N–H and O–H groups in total. The minimum absolute atomic E-state index is 0.0492. The van der Waals surface area contributed by atoms with Crippen molar-refractivity contribution in [2.45, 2.75) is 6.04 Å². The molecule has 3 rings (SSSR count). The number of hydrogen-bond donors (Lipinski definition) is 1. The molecule has 0 radical (unpaired) electrons. The monoisotopic (exact) mass is 349 g/mol. The fourth-order valence-electron chi connectivity index (χ4n) is 3.24. The topological polar surface area (TPSA) is 32.7 Å². The van der Waals surface area contributed by atoms with Crippen LogP contribution in [-0.4, -0.2) is 43.4 Å². The summed E-state index contributed by atoms with van der Waals surface area (Å²) >= 11 is 6.01. The number of benzene rings is 2. The van der Waals surface area contributed by atoms with Crippen LogP contribution < -0.4 is 0 Å². The first kappa shape index (κ1) is 17.4. The van der Waals surface area contributed by atoms with Gasteiger partial charge >= 0.3 is 0 Å². The highest BCUT2D eigenvalue weighted by molar-refractivity contribution is 6.30. The molecule has 24 heavy (non-hydrogen) atoms. The number of ether oxygens (including phenoxy) is 1. The van der Waals surface area contributed by atoms with Gasteiger partial charge in [-0.2, -0.15) is 0 Å². The quantitative estimate of drug-likeness (QED) is 0.866. The van der Waals surface area contributed by atoms with Crippen molar-refractivity contribution in [1.29, 1.82) is 0 Å². The number of hydrogen-bond acceptors (Lipinski definition) is 3. The predicted octanol–water partition coefficient (Wildman–Crippen LogP) is 3.51. The van der Waals surface area contributed by atoms with Crippen molar-refractivity contribution < 1.29 is 14.2 Å². The summed E-state index contributed by atoms with van der Waals surface area (Å²) in [4.78, 5) is 2.18. The molecule has 1 heterocycles. The molecule has 2 aromatic rings. The lowest BCUT2D eigenvalue weighted by Crippen LogP contribution is -2.53. The normalized spacial score (nSPS) is 17.5. The molecule has 0 aromatic heterocycles. The predicted molar refractivity (Wildman–Crippen MR) is 92.7 cm³/mol. The summed E-state index contributed by atoms with van der Waals surface area (Å²) < 4.78 is 18.6. The highest BCUT2D eigenvalue weighted by Crippen LogP contribution is 2.34. The third kappa shape index (κ3) is 3.62. The van der Waals surface area contributed by atoms with Gasteiger partial charge in [0, 0.05) is 11.6 Å². The zero-order valence-electron chi connectivity index (χ0n) is 13.6. The summed E-state index contributed by atoms with van der Waals surface area (Å²) in [7, 11) is 2.01. The van der Waals surface area contributed by atoms with Crippen LogP contribution in [0, 0.1) is 11.2 Å². The number of halogens is 2. The van der Waals surface area contributed by atoms with E-state index in [1.54, 1.807) is 12.1 Å². The lowest BCUT2D eigenvalue weighted by molar-refractivity contribution is -0.148. The van der Waals surface area contributed by atoms with Gasteiger partial charge in [0.15, 0.2) is 0 Å². The third-order valence-electron chi connectivity index (χ3n) is 4.55. The minimum Gasteiger partial charge on any atom is -0.396 e. The molecule has 1 aliphatic heterocycles. The van der Waals surface area contributed by atoms with E-state index in [0.29, 0.717) is 24.8 Å². The van der Waals surface area contributed by atoms with E-state index in [9.17, 15) is 9.50 Å². The molecule has 1 atom stereocenters. The third-order valence-corrected chi connectivity index (χ3v) is 4.80. The molecular formula is C19H21ClFNO2. The summed E-state index contributed by atoms with van der Waals surface area (Å²) in [6, 6.07) is 14.2. The Hall–Kier alpha value is -1.46. The molecule has 1 fully saturated rings. The standard InChI is InChI=1S/C19H21ClFNO2/c1-22(10-19(11-23)12-24-13-19)18(14-2-6-16(20)7-3-14)15-4-8-17(21)9-5-15/h2-9,18,23H,10-13H2,1H3. The maximum Gasteiger partial charge on any atom is 0.123 e. The van der Waals surface area contributed by atoms with Gasteiger partial charge < -0.3 is 9.84 Å². The summed E-state index contributed by atoms with van der Waals surface area (Å²) in [6.45, 7) is 1.90. The molecule has 128 valence electrons. The summed E-state index contributed by atoms with van der Waals surface area (Å²) in [5, 5.41) is 10.4. The van der Waals surface area contributed by atoms with E-state index in [1.165, 1.54) is 12.1 Å². The summed E-state index contributed by atoms with van der Waals surface area (Å²) in [6.07, 6.45) is 0. The Morgan fingerprint density at radius 3 is 2.12 bits per heavy atom. The van der Waals surface area contributed by atoms with Crippen LogP contribution >= 0.6 is 11.6 Å². The van der Waals surface area contributed by atoms with Crippen LogP contribution in [0.5, 0.6) is 0 Å². The van der Waals surface area contributed by atoms with E-state index in [-0.39, 0.29) is 23.9 Å². The highest BCUT2D eigenvalue weighted by atomic mass is 35.5. The summed E-state index contributed by atoms with van der Waals surface area (Å²) in [5.41, 5.74) is 1.84. The van der Waals surface area contributed by atoms with Crippen LogP contribution in [0.2, 0.25) is 5.02 Å². The van der Waals surface area contributed by atoms with Gasteiger partial charge in [-0.3, -0.25) is 4.90 Å². The van der Waals surface area contributed by atoms with Gasteiger partial charge in [-0.1, -0.05) is 35.9 Å². The maximum atomic E-state index is 13.3. The van der Waals surface area contributed by atoms with Crippen molar-refractivity contribution >= 4 is 11.6 Å². The average Bonchev–Trinajstić information content (AvgIpc) is 2.55. The summed E-state index contributed by atoms with van der Waals surface area (Å²) in [5.74, 6) is -0.254. The second-order valence-corrected chi connectivity index (χ2v) is 7.01. The van der Waals surface area contributed by atoms with Gasteiger partial charge in [0.2, 0.25) is 0 Å². The highest BCUT2D eigenvalue weighted by Gasteiger charge is 2.40. The Morgan fingerprint density at radius 2 is 1.67 bits per heavy atom. The molecule has 1 aliphatic rings. The number of aliphatic hydroxyl groups is 1. The number of rotatable bonds is 6. The molecule has 0 spiro atoms. The zero-order valence-corrected chi connectivity index (χ0v) is 14.3. The van der Waals surface area contributed by atoms with Crippen molar-refractivity contribution in [2.24, 2.45) is 5.41 Å². The Labute approximate surface area is 146 Å². The van der Waals surface area contributed by atoms with Crippen molar-refractivity contribution in [3.63, 3.8) is 0 Å². The van der Waals surface area contributed by atoms with E-state index >= 15 is 0 Å². The Bertz CT molecular complexity index is 620. The van der Waals surface area contributed by atoms with Gasteiger partial charge in [0.25, 0.3) is 0 Å². The maximum absolute atomic E-state index is 13.3. The Kier molecular flexibility index (Phi) is 5.21. The molecule has 5 heteroatoms. The molecule has 0 aliphatic carbocycles. The second kappa shape index (κ2) is 7.19. The van der Waals surface area contributed by atoms with Gasteiger partial charge in [-0.05, 0) is 42.4 Å². The average molecular weight is 350 g/mol. The van der Waals surface area contributed by atoms with E-state index < -0.39 is 0 Å². The van der Waals surface area contributed by atoms with Crippen LogP contribution in [0.1, 0.15) is 17.2 Å². The Morgan fingerprint density at radius 1 is 1.12 bits per heavy atom. The molecule has 0 saturated carbocycles. The molecule has 0 amide bonds. The second-order valence-electron chi connectivity index (χ2n) is 6.57. The fraction of sp³-hybridized carbons (Fsp3) is 0.368. The van der Waals surface area contributed by atoms with E-state index in [4.69, 9.17) is 16.3 Å². The largest absolute Gasteiger partial charge is 0.396 e. The molecule has 3 nitrogen and oxygen atoms in total. The van der Waals surface area contributed by atoms with Crippen LogP contribution in [0.4, 0.5) is 4.39 Å². The van der Waals surface area contributed by atoms with Crippen LogP contribution in [0.25, 0.3) is 0 Å². The molecule has 0 bridgehead atoms. The van der Waals surface area contributed by atoms with Crippen LogP contribution in [0.15, 0.2) is 48.5 Å². The van der Waals surface area contributed by atoms with Gasteiger partial charge in [0.05, 0.1) is 31.3 Å². The van der Waals surface area contributed by atoms with Crippen LogP contribution in [-0.2, 0) is 4.74 Å².